The van der Waals surface area contributed by atoms with E-state index in [9.17, 15) is 4.79 Å². The van der Waals surface area contributed by atoms with Crippen molar-refractivity contribution < 1.29 is 4.79 Å². The summed E-state index contributed by atoms with van der Waals surface area (Å²) in [5.74, 6) is 0.927. The van der Waals surface area contributed by atoms with Gasteiger partial charge in [0.1, 0.15) is 11.4 Å². The Labute approximate surface area is 174 Å². The molecule has 3 aromatic rings. The normalized spacial score (nSPS) is 15.5. The van der Waals surface area contributed by atoms with Crippen LogP contribution >= 0.6 is 0 Å². The maximum Gasteiger partial charge on any atom is 0.254 e. The zero-order valence-corrected chi connectivity index (χ0v) is 16.6. The van der Waals surface area contributed by atoms with Crippen LogP contribution in [0.25, 0.3) is 0 Å². The van der Waals surface area contributed by atoms with Gasteiger partial charge in [-0.15, -0.1) is 0 Å². The van der Waals surface area contributed by atoms with E-state index in [1.54, 1.807) is 6.20 Å². The first-order valence-electron chi connectivity index (χ1n) is 10.2. The largest absolute Gasteiger partial charge is 0.365 e. The molecule has 0 radical (unpaired) electrons. The highest BCUT2D eigenvalue weighted by Gasteiger charge is 2.22. The van der Waals surface area contributed by atoms with Gasteiger partial charge in [-0.1, -0.05) is 12.1 Å². The number of amides is 1. The van der Waals surface area contributed by atoms with E-state index in [0.717, 1.165) is 43.3 Å². The van der Waals surface area contributed by atoms with Gasteiger partial charge in [-0.25, -0.2) is 4.98 Å². The number of hydrogen-bond donors (Lipinski definition) is 4. The summed E-state index contributed by atoms with van der Waals surface area (Å²) in [5.41, 5.74) is 10.0. The molecule has 2 aromatic heterocycles. The summed E-state index contributed by atoms with van der Waals surface area (Å²) in [6.45, 7) is 2.68. The van der Waals surface area contributed by atoms with Crippen molar-refractivity contribution in [3.8, 4) is 0 Å². The molecule has 0 bridgehead atoms. The number of benzene rings is 1. The molecule has 2 aliphatic rings. The van der Waals surface area contributed by atoms with Crippen LogP contribution in [0, 0.1) is 5.92 Å². The zero-order chi connectivity index (χ0) is 20.5. The minimum atomic E-state index is -0.576. The predicted octanol–water partition coefficient (Wildman–Crippen LogP) is 2.31. The zero-order valence-electron chi connectivity index (χ0n) is 16.6. The molecular formula is C21H24N8O. The summed E-state index contributed by atoms with van der Waals surface area (Å²) in [6.07, 6.45) is 8.59. The first kappa shape index (κ1) is 18.6. The van der Waals surface area contributed by atoms with Crippen LogP contribution in [0.4, 0.5) is 23.1 Å². The fourth-order valence-corrected chi connectivity index (χ4v) is 3.72. The minimum absolute atomic E-state index is 0.247. The quantitative estimate of drug-likeness (QED) is 0.476. The van der Waals surface area contributed by atoms with E-state index < -0.39 is 5.91 Å². The molecule has 154 valence electrons. The monoisotopic (exact) mass is 404 g/mol. The van der Waals surface area contributed by atoms with E-state index in [1.807, 2.05) is 23.0 Å². The van der Waals surface area contributed by atoms with Gasteiger partial charge in [-0.05, 0) is 48.9 Å². The second kappa shape index (κ2) is 7.75. The summed E-state index contributed by atoms with van der Waals surface area (Å²) in [5, 5.41) is 14.2. The van der Waals surface area contributed by atoms with Gasteiger partial charge >= 0.3 is 0 Å². The van der Waals surface area contributed by atoms with Crippen molar-refractivity contribution in [2.75, 3.05) is 17.2 Å². The first-order valence-corrected chi connectivity index (χ1v) is 10.2. The lowest BCUT2D eigenvalue weighted by molar-refractivity contribution is 0.100. The fraction of sp³-hybridized carbons (Fsp3) is 0.333. The van der Waals surface area contributed by atoms with E-state index >= 15 is 0 Å². The molecule has 0 spiro atoms. The smallest absolute Gasteiger partial charge is 0.254 e. The van der Waals surface area contributed by atoms with Gasteiger partial charge < -0.3 is 21.7 Å². The van der Waals surface area contributed by atoms with E-state index in [2.05, 4.69) is 37.1 Å². The number of carbonyl (C=O) groups excluding carboxylic acids is 1. The summed E-state index contributed by atoms with van der Waals surface area (Å²) in [6, 6.07) is 6.09. The molecule has 30 heavy (non-hydrogen) atoms. The number of anilines is 4. The number of rotatable bonds is 7. The Hall–Kier alpha value is -3.46. The molecule has 1 saturated carbocycles. The highest BCUT2D eigenvalue weighted by molar-refractivity contribution is 5.98. The fourth-order valence-electron chi connectivity index (χ4n) is 3.72. The molecule has 5 rings (SSSR count). The molecule has 1 aliphatic heterocycles. The van der Waals surface area contributed by atoms with Crippen LogP contribution in [0.15, 0.2) is 36.8 Å². The Kier molecular flexibility index (Phi) is 4.80. The maximum atomic E-state index is 11.9. The van der Waals surface area contributed by atoms with Crippen LogP contribution in [0.5, 0.6) is 0 Å². The minimum Gasteiger partial charge on any atom is -0.365 e. The van der Waals surface area contributed by atoms with Crippen LogP contribution in [-0.2, 0) is 19.5 Å². The van der Waals surface area contributed by atoms with Gasteiger partial charge in [0.2, 0.25) is 5.95 Å². The molecule has 0 saturated heterocycles. The molecule has 1 aromatic carbocycles. The van der Waals surface area contributed by atoms with Crippen molar-refractivity contribution in [2.24, 2.45) is 11.7 Å². The molecule has 1 amide bonds. The average Bonchev–Trinajstić information content (AvgIpc) is 3.45. The number of nitrogens with one attached hydrogen (secondary N) is 3. The van der Waals surface area contributed by atoms with Crippen LogP contribution in [0.3, 0.4) is 0 Å². The second-order valence-electron chi connectivity index (χ2n) is 7.83. The van der Waals surface area contributed by atoms with Gasteiger partial charge in [0.15, 0.2) is 0 Å². The molecule has 5 N–H and O–H groups in total. The van der Waals surface area contributed by atoms with E-state index in [1.165, 1.54) is 30.2 Å². The van der Waals surface area contributed by atoms with Crippen molar-refractivity contribution in [3.05, 3.63) is 53.5 Å². The second-order valence-corrected chi connectivity index (χ2v) is 7.83. The lowest BCUT2D eigenvalue weighted by Gasteiger charge is -2.21. The highest BCUT2D eigenvalue weighted by Crippen LogP contribution is 2.31. The van der Waals surface area contributed by atoms with Gasteiger partial charge in [0.25, 0.3) is 5.91 Å². The van der Waals surface area contributed by atoms with E-state index in [4.69, 9.17) is 5.73 Å². The van der Waals surface area contributed by atoms with E-state index in [-0.39, 0.29) is 5.56 Å². The first-order chi connectivity index (χ1) is 14.7. The lowest BCUT2D eigenvalue weighted by Crippen LogP contribution is -2.24. The van der Waals surface area contributed by atoms with Crippen LogP contribution in [-0.4, -0.2) is 32.2 Å². The summed E-state index contributed by atoms with van der Waals surface area (Å²) in [4.78, 5) is 20.7. The third-order valence-electron chi connectivity index (χ3n) is 5.48. The Bertz CT molecular complexity index is 1090. The van der Waals surface area contributed by atoms with Gasteiger partial charge in [-0.3, -0.25) is 9.48 Å². The number of aromatic nitrogens is 4. The summed E-state index contributed by atoms with van der Waals surface area (Å²) < 4.78 is 1.93. The Morgan fingerprint density at radius 1 is 1.27 bits per heavy atom. The standard InChI is InChI=1S/C21H24N8O/c22-19(30)17-10-24-21(26-15-9-25-29(12-15)11-13-4-5-13)28-20(17)27-18-3-1-2-14-8-23-7-6-16(14)18/h1-3,9-10,12-13,23H,4-8,11H2,(H2,22,30)(H2,24,26,27,28). The van der Waals surface area contributed by atoms with Gasteiger partial charge in [0.05, 0.1) is 11.9 Å². The SMILES string of the molecule is NC(=O)c1cnc(Nc2cnn(CC3CC3)c2)nc1Nc1cccc2c1CCNC2. The lowest BCUT2D eigenvalue weighted by atomic mass is 9.99. The predicted molar refractivity (Wildman–Crippen MR) is 114 cm³/mol. The molecule has 1 fully saturated rings. The molecule has 9 heteroatoms. The third-order valence-corrected chi connectivity index (χ3v) is 5.48. The number of hydrogen-bond acceptors (Lipinski definition) is 7. The Morgan fingerprint density at radius 2 is 2.17 bits per heavy atom. The molecule has 1 aliphatic carbocycles. The van der Waals surface area contributed by atoms with Gasteiger partial charge in [0, 0.05) is 31.2 Å². The van der Waals surface area contributed by atoms with Crippen molar-refractivity contribution in [1.29, 1.82) is 0 Å². The number of nitrogens with zero attached hydrogens (tertiary/aromatic N) is 4. The average molecular weight is 404 g/mol. The number of carbonyl (C=O) groups is 1. The van der Waals surface area contributed by atoms with Crippen molar-refractivity contribution in [3.63, 3.8) is 0 Å². The Morgan fingerprint density at radius 3 is 3.00 bits per heavy atom. The van der Waals surface area contributed by atoms with Gasteiger partial charge in [-0.2, -0.15) is 10.1 Å². The molecule has 3 heterocycles. The van der Waals surface area contributed by atoms with Crippen molar-refractivity contribution in [1.82, 2.24) is 25.1 Å². The van der Waals surface area contributed by atoms with Crippen molar-refractivity contribution >= 4 is 29.0 Å². The van der Waals surface area contributed by atoms with Crippen LogP contribution < -0.4 is 21.7 Å². The number of fused-ring (bicyclic) bond motifs is 1. The third kappa shape index (κ3) is 3.97. The summed E-state index contributed by atoms with van der Waals surface area (Å²) in [7, 11) is 0. The molecular weight excluding hydrogens is 380 g/mol. The van der Waals surface area contributed by atoms with Crippen molar-refractivity contribution in [2.45, 2.75) is 32.4 Å². The van der Waals surface area contributed by atoms with Crippen LogP contribution in [0.2, 0.25) is 0 Å². The van der Waals surface area contributed by atoms with Crippen LogP contribution in [0.1, 0.15) is 34.3 Å². The van der Waals surface area contributed by atoms with E-state index in [0.29, 0.717) is 11.8 Å². The molecule has 0 atom stereocenters. The highest BCUT2D eigenvalue weighted by atomic mass is 16.1. The molecule has 9 nitrogen and oxygen atoms in total. The molecule has 0 unspecified atom stereocenters. The topological polar surface area (TPSA) is 123 Å². The summed E-state index contributed by atoms with van der Waals surface area (Å²) >= 11 is 0. The Balaban J connectivity index is 1.41. The maximum absolute atomic E-state index is 11.9. The number of primary amides is 1. The number of nitrogens with two attached hydrogens (primary N) is 1.